The van der Waals surface area contributed by atoms with Crippen LogP contribution in [0.4, 0.5) is 17.5 Å². The van der Waals surface area contributed by atoms with Crippen molar-refractivity contribution in [2.24, 2.45) is 0 Å². The van der Waals surface area contributed by atoms with Crippen molar-refractivity contribution in [2.45, 2.75) is 13.5 Å². The molecule has 3 heterocycles. The van der Waals surface area contributed by atoms with Gasteiger partial charge >= 0.3 is 0 Å². The summed E-state index contributed by atoms with van der Waals surface area (Å²) < 4.78 is 1.83. The van der Waals surface area contributed by atoms with Crippen LogP contribution in [0.5, 0.6) is 0 Å². The number of imidazole rings is 1. The van der Waals surface area contributed by atoms with Gasteiger partial charge in [0.2, 0.25) is 5.91 Å². The molecule has 0 spiro atoms. The number of hydrogen-bond donors (Lipinski definition) is 3. The number of benzene rings is 1. The van der Waals surface area contributed by atoms with Crippen LogP contribution >= 0.6 is 0 Å². The van der Waals surface area contributed by atoms with E-state index in [0.717, 1.165) is 22.4 Å². The van der Waals surface area contributed by atoms with Crippen LogP contribution in [0.3, 0.4) is 0 Å². The molecule has 1 amide bonds. The van der Waals surface area contributed by atoms with E-state index in [2.05, 4.69) is 36.1 Å². The molecule has 152 valence electrons. The number of aromatic nitrogens is 5. The van der Waals surface area contributed by atoms with E-state index < -0.39 is 0 Å². The molecule has 0 radical (unpaired) electrons. The third-order valence-electron chi connectivity index (χ3n) is 4.43. The molecule has 0 unspecified atom stereocenters. The Morgan fingerprint density at radius 1 is 0.967 bits per heavy atom. The first kappa shape index (κ1) is 19.3. The second kappa shape index (κ2) is 8.99. The standard InChI is InChI=1S/C21H22N8O/c1-15-8-9-22-20(12-15)26-19-7-6-18(27-28-19)23-10-11-24-21(30)13-29-14-25-16-4-2-3-5-17(16)29/h2-9,12,14H,10-11,13H2,1H3,(H,23,27)(H,24,30)(H,22,26,28). The summed E-state index contributed by atoms with van der Waals surface area (Å²) in [6.45, 7) is 3.24. The number of nitrogens with one attached hydrogen (secondary N) is 3. The van der Waals surface area contributed by atoms with Crippen molar-refractivity contribution in [3.05, 3.63) is 66.6 Å². The van der Waals surface area contributed by atoms with Gasteiger partial charge in [-0.1, -0.05) is 12.1 Å². The number of hydrogen-bond acceptors (Lipinski definition) is 7. The Bertz CT molecular complexity index is 1140. The monoisotopic (exact) mass is 402 g/mol. The Morgan fingerprint density at radius 2 is 1.80 bits per heavy atom. The maximum Gasteiger partial charge on any atom is 0.240 e. The number of para-hydroxylation sites is 2. The Labute approximate surface area is 173 Å². The van der Waals surface area contributed by atoms with Crippen molar-refractivity contribution in [2.75, 3.05) is 23.7 Å². The van der Waals surface area contributed by atoms with E-state index in [1.165, 1.54) is 0 Å². The number of fused-ring (bicyclic) bond motifs is 1. The van der Waals surface area contributed by atoms with Gasteiger partial charge in [0.15, 0.2) is 5.82 Å². The van der Waals surface area contributed by atoms with Crippen LogP contribution in [0, 0.1) is 6.92 Å². The summed E-state index contributed by atoms with van der Waals surface area (Å²) in [4.78, 5) is 20.7. The molecule has 0 bridgehead atoms. The van der Waals surface area contributed by atoms with Crippen LogP contribution in [-0.2, 0) is 11.3 Å². The number of amides is 1. The van der Waals surface area contributed by atoms with Gasteiger partial charge in [-0.25, -0.2) is 9.97 Å². The van der Waals surface area contributed by atoms with Crippen molar-refractivity contribution in [3.63, 3.8) is 0 Å². The molecule has 4 rings (SSSR count). The van der Waals surface area contributed by atoms with Crippen molar-refractivity contribution >= 4 is 34.4 Å². The largest absolute Gasteiger partial charge is 0.367 e. The smallest absolute Gasteiger partial charge is 0.240 e. The average Bonchev–Trinajstić information content (AvgIpc) is 3.15. The summed E-state index contributed by atoms with van der Waals surface area (Å²) in [6.07, 6.45) is 3.42. The summed E-state index contributed by atoms with van der Waals surface area (Å²) in [5, 5.41) is 17.4. The zero-order valence-electron chi connectivity index (χ0n) is 16.5. The fourth-order valence-electron chi connectivity index (χ4n) is 2.97. The zero-order chi connectivity index (χ0) is 20.8. The fourth-order valence-corrected chi connectivity index (χ4v) is 2.97. The molecule has 30 heavy (non-hydrogen) atoms. The highest BCUT2D eigenvalue weighted by molar-refractivity contribution is 5.80. The molecule has 9 heteroatoms. The van der Waals surface area contributed by atoms with Crippen LogP contribution in [0.1, 0.15) is 5.56 Å². The van der Waals surface area contributed by atoms with E-state index in [9.17, 15) is 4.79 Å². The quantitative estimate of drug-likeness (QED) is 0.389. The normalized spacial score (nSPS) is 10.7. The molecule has 0 atom stereocenters. The van der Waals surface area contributed by atoms with Crippen LogP contribution < -0.4 is 16.0 Å². The predicted octanol–water partition coefficient (Wildman–Crippen LogP) is 2.50. The maximum atomic E-state index is 12.2. The topological polar surface area (TPSA) is 110 Å². The van der Waals surface area contributed by atoms with Gasteiger partial charge in [-0.15, -0.1) is 10.2 Å². The fraction of sp³-hybridized carbons (Fsp3) is 0.190. The first-order chi connectivity index (χ1) is 14.7. The predicted molar refractivity (Wildman–Crippen MR) is 116 cm³/mol. The maximum absolute atomic E-state index is 12.2. The lowest BCUT2D eigenvalue weighted by Crippen LogP contribution is -2.31. The summed E-state index contributed by atoms with van der Waals surface area (Å²) >= 11 is 0. The summed E-state index contributed by atoms with van der Waals surface area (Å²) in [5.74, 6) is 1.89. The average molecular weight is 402 g/mol. The number of aryl methyl sites for hydroxylation is 1. The minimum atomic E-state index is -0.0729. The van der Waals surface area contributed by atoms with Crippen LogP contribution in [0.2, 0.25) is 0 Å². The van der Waals surface area contributed by atoms with E-state index in [0.29, 0.717) is 24.7 Å². The minimum Gasteiger partial charge on any atom is -0.367 e. The SMILES string of the molecule is Cc1ccnc(Nc2ccc(NCCNC(=O)Cn3cnc4ccccc43)nn2)c1. The second-order valence-electron chi connectivity index (χ2n) is 6.79. The number of pyridine rings is 1. The lowest BCUT2D eigenvalue weighted by atomic mass is 10.3. The van der Waals surface area contributed by atoms with Gasteiger partial charge in [-0.05, 0) is 48.9 Å². The van der Waals surface area contributed by atoms with E-state index in [1.807, 2.05) is 60.0 Å². The highest BCUT2D eigenvalue weighted by atomic mass is 16.1. The molecule has 1 aromatic carbocycles. The third kappa shape index (κ3) is 4.88. The van der Waals surface area contributed by atoms with Gasteiger partial charge < -0.3 is 20.5 Å². The first-order valence-corrected chi connectivity index (χ1v) is 9.61. The molecule has 0 saturated carbocycles. The molecule has 0 aliphatic heterocycles. The lowest BCUT2D eigenvalue weighted by molar-refractivity contribution is -0.121. The van der Waals surface area contributed by atoms with Gasteiger partial charge in [0.25, 0.3) is 0 Å². The number of rotatable bonds is 8. The van der Waals surface area contributed by atoms with Crippen molar-refractivity contribution in [1.82, 2.24) is 30.0 Å². The number of carbonyl (C=O) groups excluding carboxylic acids is 1. The molecular weight excluding hydrogens is 380 g/mol. The van der Waals surface area contributed by atoms with E-state index >= 15 is 0 Å². The van der Waals surface area contributed by atoms with Crippen molar-refractivity contribution in [3.8, 4) is 0 Å². The summed E-state index contributed by atoms with van der Waals surface area (Å²) in [7, 11) is 0. The number of nitrogens with zero attached hydrogens (tertiary/aromatic N) is 5. The number of carbonyl (C=O) groups is 1. The summed E-state index contributed by atoms with van der Waals surface area (Å²) in [6, 6.07) is 15.2. The van der Waals surface area contributed by atoms with Crippen LogP contribution in [-0.4, -0.2) is 43.7 Å². The Hall–Kier alpha value is -4.01. The Balaban J connectivity index is 1.21. The van der Waals surface area contributed by atoms with Crippen LogP contribution in [0.25, 0.3) is 11.0 Å². The van der Waals surface area contributed by atoms with Gasteiger partial charge in [0, 0.05) is 19.3 Å². The Kier molecular flexibility index (Phi) is 5.79. The Morgan fingerprint density at radius 3 is 2.63 bits per heavy atom. The number of anilines is 3. The first-order valence-electron chi connectivity index (χ1n) is 9.61. The minimum absolute atomic E-state index is 0.0729. The molecule has 0 aliphatic rings. The molecule has 9 nitrogen and oxygen atoms in total. The molecule has 0 fully saturated rings. The van der Waals surface area contributed by atoms with Crippen molar-refractivity contribution in [1.29, 1.82) is 0 Å². The highest BCUT2D eigenvalue weighted by Crippen LogP contribution is 2.13. The second-order valence-corrected chi connectivity index (χ2v) is 6.79. The molecule has 4 aromatic rings. The molecular formula is C21H22N8O. The summed E-state index contributed by atoms with van der Waals surface area (Å²) in [5.41, 5.74) is 2.93. The third-order valence-corrected chi connectivity index (χ3v) is 4.43. The molecule has 3 aromatic heterocycles. The zero-order valence-corrected chi connectivity index (χ0v) is 16.5. The van der Waals surface area contributed by atoms with E-state index in [1.54, 1.807) is 12.5 Å². The van der Waals surface area contributed by atoms with Gasteiger partial charge in [-0.2, -0.15) is 0 Å². The molecule has 0 aliphatic carbocycles. The van der Waals surface area contributed by atoms with E-state index in [4.69, 9.17) is 0 Å². The lowest BCUT2D eigenvalue weighted by Gasteiger charge is -2.09. The van der Waals surface area contributed by atoms with Gasteiger partial charge in [-0.3, -0.25) is 4.79 Å². The molecule has 0 saturated heterocycles. The van der Waals surface area contributed by atoms with Gasteiger partial charge in [0.1, 0.15) is 18.2 Å². The highest BCUT2D eigenvalue weighted by Gasteiger charge is 2.06. The van der Waals surface area contributed by atoms with E-state index in [-0.39, 0.29) is 12.5 Å². The van der Waals surface area contributed by atoms with Crippen LogP contribution in [0.15, 0.2) is 61.1 Å². The van der Waals surface area contributed by atoms with Gasteiger partial charge in [0.05, 0.1) is 17.4 Å². The molecule has 3 N–H and O–H groups in total. The van der Waals surface area contributed by atoms with Crippen molar-refractivity contribution < 1.29 is 4.79 Å².